The fraction of sp³-hybridized carbons (Fsp3) is 0.778. The average Bonchev–Trinajstić information content (AvgIpc) is 2.08. The maximum Gasteiger partial charge on any atom is 0.508 e. The zero-order valence-corrected chi connectivity index (χ0v) is 8.49. The molecule has 1 N–H and O–H groups in total. The van der Waals surface area contributed by atoms with Gasteiger partial charge in [0.15, 0.2) is 0 Å². The summed E-state index contributed by atoms with van der Waals surface area (Å²) in [5.41, 5.74) is 0. The van der Waals surface area contributed by atoms with Crippen LogP contribution in [0.4, 0.5) is 4.79 Å². The van der Waals surface area contributed by atoms with Crippen molar-refractivity contribution in [2.24, 2.45) is 5.92 Å². The number of aliphatic carboxylic acids is 1. The topological polar surface area (TPSA) is 72.8 Å². The lowest BCUT2D eigenvalue weighted by Gasteiger charge is -2.07. The minimum absolute atomic E-state index is 0.00252. The Hall–Kier alpha value is -1.26. The van der Waals surface area contributed by atoms with Gasteiger partial charge in [-0.05, 0) is 12.3 Å². The van der Waals surface area contributed by atoms with Crippen LogP contribution in [-0.4, -0.2) is 30.4 Å². The second-order valence-corrected chi connectivity index (χ2v) is 3.30. The van der Waals surface area contributed by atoms with Gasteiger partial charge in [0.25, 0.3) is 0 Å². The van der Waals surface area contributed by atoms with Crippen molar-refractivity contribution in [1.29, 1.82) is 0 Å². The van der Waals surface area contributed by atoms with E-state index in [4.69, 9.17) is 9.84 Å². The summed E-state index contributed by atoms with van der Waals surface area (Å²) in [5.74, 6) is -0.634. The van der Waals surface area contributed by atoms with E-state index in [9.17, 15) is 9.59 Å². The minimum Gasteiger partial charge on any atom is -0.481 e. The average molecular weight is 204 g/mol. The molecule has 0 saturated heterocycles. The van der Waals surface area contributed by atoms with Crippen LogP contribution < -0.4 is 0 Å². The molecule has 14 heavy (non-hydrogen) atoms. The van der Waals surface area contributed by atoms with Crippen LogP contribution >= 0.6 is 0 Å². The lowest BCUT2D eigenvalue weighted by atomic mass is 10.2. The third-order valence-electron chi connectivity index (χ3n) is 1.29. The first-order valence-electron chi connectivity index (χ1n) is 4.53. The number of rotatable bonds is 6. The van der Waals surface area contributed by atoms with Crippen molar-refractivity contribution in [1.82, 2.24) is 0 Å². The monoisotopic (exact) mass is 204 g/mol. The molecule has 82 valence electrons. The molecule has 0 heterocycles. The number of hydrogen-bond donors (Lipinski definition) is 1. The number of carbonyl (C=O) groups is 2. The fourth-order valence-corrected chi connectivity index (χ4v) is 0.655. The largest absolute Gasteiger partial charge is 0.508 e. The molecular weight excluding hydrogens is 188 g/mol. The summed E-state index contributed by atoms with van der Waals surface area (Å²) in [7, 11) is 0. The highest BCUT2D eigenvalue weighted by atomic mass is 16.7. The van der Waals surface area contributed by atoms with Gasteiger partial charge < -0.3 is 14.6 Å². The summed E-state index contributed by atoms with van der Waals surface area (Å²) in [5, 5.41) is 8.28. The molecule has 0 aliphatic rings. The zero-order chi connectivity index (χ0) is 11.0. The van der Waals surface area contributed by atoms with Crippen LogP contribution in [0.25, 0.3) is 0 Å². The van der Waals surface area contributed by atoms with E-state index >= 15 is 0 Å². The Bertz CT molecular complexity index is 188. The Morgan fingerprint density at radius 2 is 1.93 bits per heavy atom. The molecule has 0 bridgehead atoms. The highest BCUT2D eigenvalue weighted by Gasteiger charge is 2.05. The van der Waals surface area contributed by atoms with E-state index < -0.39 is 12.1 Å². The van der Waals surface area contributed by atoms with Gasteiger partial charge in [0.1, 0.15) is 0 Å². The van der Waals surface area contributed by atoms with Crippen molar-refractivity contribution < 1.29 is 24.2 Å². The third kappa shape index (κ3) is 8.83. The number of ether oxygens (including phenoxy) is 2. The molecule has 0 rings (SSSR count). The van der Waals surface area contributed by atoms with Crippen molar-refractivity contribution in [3.05, 3.63) is 0 Å². The van der Waals surface area contributed by atoms with Crippen molar-refractivity contribution in [2.45, 2.75) is 26.7 Å². The predicted molar refractivity (Wildman–Crippen MR) is 49.0 cm³/mol. The quantitative estimate of drug-likeness (QED) is 0.526. The first kappa shape index (κ1) is 12.7. The van der Waals surface area contributed by atoms with Gasteiger partial charge in [0.2, 0.25) is 0 Å². The summed E-state index contributed by atoms with van der Waals surface area (Å²) < 4.78 is 9.32. The Balaban J connectivity index is 3.31. The van der Waals surface area contributed by atoms with Crippen LogP contribution in [0, 0.1) is 5.92 Å². The molecule has 0 atom stereocenters. The van der Waals surface area contributed by atoms with Crippen molar-refractivity contribution in [3.8, 4) is 0 Å². The van der Waals surface area contributed by atoms with E-state index in [-0.39, 0.29) is 18.9 Å². The molecule has 0 saturated carbocycles. The van der Waals surface area contributed by atoms with Crippen molar-refractivity contribution >= 4 is 12.1 Å². The van der Waals surface area contributed by atoms with Crippen LogP contribution in [0.5, 0.6) is 0 Å². The third-order valence-corrected chi connectivity index (χ3v) is 1.29. The van der Waals surface area contributed by atoms with E-state index in [1.807, 2.05) is 13.8 Å². The van der Waals surface area contributed by atoms with Gasteiger partial charge in [-0.15, -0.1) is 0 Å². The predicted octanol–water partition coefficient (Wildman–Crippen LogP) is 1.66. The van der Waals surface area contributed by atoms with Gasteiger partial charge in [-0.1, -0.05) is 13.8 Å². The summed E-state index contributed by atoms with van der Waals surface area (Å²) in [6, 6.07) is 0. The molecule has 0 aromatic heterocycles. The Morgan fingerprint density at radius 3 is 2.43 bits per heavy atom. The summed E-state index contributed by atoms with van der Waals surface area (Å²) in [6.07, 6.45) is -0.423. The number of carbonyl (C=O) groups excluding carboxylic acids is 1. The van der Waals surface area contributed by atoms with Crippen LogP contribution in [0.3, 0.4) is 0 Å². The molecule has 0 aliphatic carbocycles. The lowest BCUT2D eigenvalue weighted by Crippen LogP contribution is -2.12. The normalized spacial score (nSPS) is 9.93. The molecule has 0 radical (unpaired) electrons. The first-order chi connectivity index (χ1) is 6.52. The van der Waals surface area contributed by atoms with Crippen molar-refractivity contribution in [2.75, 3.05) is 13.2 Å². The minimum atomic E-state index is -0.899. The highest BCUT2D eigenvalue weighted by Crippen LogP contribution is 1.96. The van der Waals surface area contributed by atoms with Crippen LogP contribution in [0.2, 0.25) is 0 Å². The molecule has 5 nitrogen and oxygen atoms in total. The molecular formula is C9H16O5. The zero-order valence-electron chi connectivity index (χ0n) is 8.49. The van der Waals surface area contributed by atoms with Crippen LogP contribution in [-0.2, 0) is 14.3 Å². The Morgan fingerprint density at radius 1 is 1.29 bits per heavy atom. The Kier molecular flexibility index (Phi) is 6.53. The van der Waals surface area contributed by atoms with E-state index in [1.165, 1.54) is 0 Å². The number of carboxylic acid groups (broad SMARTS) is 1. The van der Waals surface area contributed by atoms with E-state index in [2.05, 4.69) is 4.74 Å². The maximum atomic E-state index is 10.8. The van der Waals surface area contributed by atoms with Gasteiger partial charge in [-0.2, -0.15) is 0 Å². The van der Waals surface area contributed by atoms with E-state index in [0.29, 0.717) is 13.0 Å². The van der Waals surface area contributed by atoms with Gasteiger partial charge in [-0.3, -0.25) is 4.79 Å². The SMILES string of the molecule is CC(C)COC(=O)OCCCC(=O)O. The summed E-state index contributed by atoms with van der Waals surface area (Å²) in [4.78, 5) is 20.9. The van der Waals surface area contributed by atoms with Gasteiger partial charge in [0, 0.05) is 6.42 Å². The van der Waals surface area contributed by atoms with E-state index in [1.54, 1.807) is 0 Å². The van der Waals surface area contributed by atoms with E-state index in [0.717, 1.165) is 0 Å². The maximum absolute atomic E-state index is 10.8. The molecule has 0 aromatic rings. The standard InChI is InChI=1S/C9H16O5/c1-7(2)6-14-9(12)13-5-3-4-8(10)11/h7H,3-6H2,1-2H3,(H,10,11). The smallest absolute Gasteiger partial charge is 0.481 e. The molecule has 0 aromatic carbocycles. The lowest BCUT2D eigenvalue weighted by molar-refractivity contribution is -0.137. The van der Waals surface area contributed by atoms with Crippen LogP contribution in [0.15, 0.2) is 0 Å². The number of hydrogen-bond acceptors (Lipinski definition) is 4. The molecule has 0 fully saturated rings. The first-order valence-corrected chi connectivity index (χ1v) is 4.53. The molecule has 5 heteroatoms. The summed E-state index contributed by atoms with van der Waals surface area (Å²) >= 11 is 0. The van der Waals surface area contributed by atoms with Crippen molar-refractivity contribution in [3.63, 3.8) is 0 Å². The van der Waals surface area contributed by atoms with Gasteiger partial charge >= 0.3 is 12.1 Å². The van der Waals surface area contributed by atoms with Crippen LogP contribution in [0.1, 0.15) is 26.7 Å². The highest BCUT2D eigenvalue weighted by molar-refractivity contribution is 5.66. The second kappa shape index (κ2) is 7.17. The summed E-state index contributed by atoms with van der Waals surface area (Å²) in [6.45, 7) is 4.23. The number of carboxylic acids is 1. The van der Waals surface area contributed by atoms with Gasteiger partial charge in [0.05, 0.1) is 13.2 Å². The fourth-order valence-electron chi connectivity index (χ4n) is 0.655. The molecule has 0 aliphatic heterocycles. The second-order valence-electron chi connectivity index (χ2n) is 3.30. The Labute approximate surface area is 83.0 Å². The molecule has 0 unspecified atom stereocenters. The molecule has 0 amide bonds. The molecule has 0 spiro atoms. The van der Waals surface area contributed by atoms with Gasteiger partial charge in [-0.25, -0.2) is 4.79 Å².